The molecule has 0 unspecified atom stereocenters. The SMILES string of the molecule is CC(C)(C)c1cc(-c2ccc(O)c(I)c2)cc(C(C)(C)C)c1. The molecule has 2 aromatic carbocycles. The van der Waals surface area contributed by atoms with Crippen LogP contribution in [0.15, 0.2) is 36.4 Å². The summed E-state index contributed by atoms with van der Waals surface area (Å²) in [6.45, 7) is 13.5. The molecule has 1 nitrogen and oxygen atoms in total. The number of hydrogen-bond acceptors (Lipinski definition) is 1. The molecule has 0 aliphatic heterocycles. The lowest BCUT2D eigenvalue weighted by atomic mass is 9.79. The van der Waals surface area contributed by atoms with Crippen molar-refractivity contribution in [1.82, 2.24) is 0 Å². The molecule has 1 N–H and O–H groups in total. The molecule has 0 aliphatic carbocycles. The highest BCUT2D eigenvalue weighted by Crippen LogP contribution is 2.35. The largest absolute Gasteiger partial charge is 0.507 e. The first-order valence-corrected chi connectivity index (χ1v) is 8.71. The molecule has 118 valence electrons. The molecule has 0 heterocycles. The average Bonchev–Trinajstić information content (AvgIpc) is 2.39. The lowest BCUT2D eigenvalue weighted by Gasteiger charge is -2.26. The summed E-state index contributed by atoms with van der Waals surface area (Å²) in [7, 11) is 0. The predicted octanol–water partition coefficient (Wildman–Crippen LogP) is 6.26. The van der Waals surface area contributed by atoms with Gasteiger partial charge in [-0.2, -0.15) is 0 Å². The molecule has 0 spiro atoms. The standard InChI is InChI=1S/C20H25IO/c1-19(2,3)15-9-14(10-16(12-15)20(4,5)6)13-7-8-18(22)17(21)11-13/h7-12,22H,1-6H3. The van der Waals surface area contributed by atoms with Gasteiger partial charge in [-0.3, -0.25) is 0 Å². The van der Waals surface area contributed by atoms with E-state index in [1.54, 1.807) is 6.07 Å². The zero-order valence-electron chi connectivity index (χ0n) is 14.3. The quantitative estimate of drug-likeness (QED) is 0.553. The van der Waals surface area contributed by atoms with Gasteiger partial charge in [0.15, 0.2) is 0 Å². The van der Waals surface area contributed by atoms with E-state index in [-0.39, 0.29) is 10.8 Å². The average molecular weight is 408 g/mol. The van der Waals surface area contributed by atoms with Crippen LogP contribution in [-0.4, -0.2) is 5.11 Å². The third kappa shape index (κ3) is 3.83. The van der Waals surface area contributed by atoms with Gasteiger partial charge in [-0.25, -0.2) is 0 Å². The molecule has 0 atom stereocenters. The van der Waals surface area contributed by atoms with Crippen LogP contribution < -0.4 is 0 Å². The molecule has 22 heavy (non-hydrogen) atoms. The van der Waals surface area contributed by atoms with Crippen molar-refractivity contribution in [2.24, 2.45) is 0 Å². The summed E-state index contributed by atoms with van der Waals surface area (Å²) in [5.41, 5.74) is 5.28. The van der Waals surface area contributed by atoms with Crippen molar-refractivity contribution >= 4 is 22.6 Å². The highest BCUT2D eigenvalue weighted by Gasteiger charge is 2.21. The number of aromatic hydroxyl groups is 1. The normalized spacial score (nSPS) is 12.5. The first kappa shape index (κ1) is 17.3. The maximum Gasteiger partial charge on any atom is 0.128 e. The second kappa shape index (κ2) is 5.88. The molecule has 0 aliphatic rings. The number of phenolic OH excluding ortho intramolecular Hbond substituents is 1. The predicted molar refractivity (Wildman–Crippen MR) is 104 cm³/mol. The summed E-state index contributed by atoms with van der Waals surface area (Å²) in [4.78, 5) is 0. The minimum absolute atomic E-state index is 0.111. The zero-order valence-corrected chi connectivity index (χ0v) is 16.4. The molecule has 0 saturated heterocycles. The number of hydrogen-bond donors (Lipinski definition) is 1. The van der Waals surface area contributed by atoms with E-state index in [0.29, 0.717) is 5.75 Å². The summed E-state index contributed by atoms with van der Waals surface area (Å²) in [6, 6.07) is 12.7. The monoisotopic (exact) mass is 408 g/mol. The molecular formula is C20H25IO. The lowest BCUT2D eigenvalue weighted by Crippen LogP contribution is -2.16. The van der Waals surface area contributed by atoms with Crippen LogP contribution in [0.3, 0.4) is 0 Å². The molecular weight excluding hydrogens is 383 g/mol. The van der Waals surface area contributed by atoms with Crippen LogP contribution in [0.1, 0.15) is 52.7 Å². The van der Waals surface area contributed by atoms with Gasteiger partial charge in [0.25, 0.3) is 0 Å². The Morgan fingerprint density at radius 3 is 1.64 bits per heavy atom. The van der Waals surface area contributed by atoms with E-state index in [2.05, 4.69) is 82.3 Å². The second-order valence-electron chi connectivity index (χ2n) is 7.97. The highest BCUT2D eigenvalue weighted by molar-refractivity contribution is 14.1. The minimum atomic E-state index is 0.111. The maximum atomic E-state index is 9.75. The molecule has 0 radical (unpaired) electrons. The Hall–Kier alpha value is -1.03. The van der Waals surface area contributed by atoms with Crippen molar-refractivity contribution in [3.63, 3.8) is 0 Å². The molecule has 2 heteroatoms. The van der Waals surface area contributed by atoms with Crippen molar-refractivity contribution in [1.29, 1.82) is 0 Å². The van der Waals surface area contributed by atoms with Gasteiger partial charge in [-0.15, -0.1) is 0 Å². The van der Waals surface area contributed by atoms with Crippen LogP contribution >= 0.6 is 22.6 Å². The lowest BCUT2D eigenvalue weighted by molar-refractivity contribution is 0.471. The molecule has 0 bridgehead atoms. The zero-order chi connectivity index (χ0) is 16.7. The smallest absolute Gasteiger partial charge is 0.128 e. The van der Waals surface area contributed by atoms with Gasteiger partial charge < -0.3 is 5.11 Å². The summed E-state index contributed by atoms with van der Waals surface area (Å²) in [6.07, 6.45) is 0. The summed E-state index contributed by atoms with van der Waals surface area (Å²) in [5, 5.41) is 9.75. The van der Waals surface area contributed by atoms with Gasteiger partial charge in [0.05, 0.1) is 3.57 Å². The van der Waals surface area contributed by atoms with Crippen LogP contribution in [0, 0.1) is 3.57 Å². The number of benzene rings is 2. The van der Waals surface area contributed by atoms with Crippen LogP contribution in [0.2, 0.25) is 0 Å². The van der Waals surface area contributed by atoms with E-state index in [9.17, 15) is 5.11 Å². The van der Waals surface area contributed by atoms with E-state index in [4.69, 9.17) is 0 Å². The van der Waals surface area contributed by atoms with Gasteiger partial charge >= 0.3 is 0 Å². The fourth-order valence-electron chi connectivity index (χ4n) is 2.35. The minimum Gasteiger partial charge on any atom is -0.507 e. The van der Waals surface area contributed by atoms with Crippen LogP contribution in [0.4, 0.5) is 0 Å². The molecule has 2 rings (SSSR count). The Morgan fingerprint density at radius 1 is 0.727 bits per heavy atom. The third-order valence-corrected chi connectivity index (χ3v) is 4.81. The molecule has 2 aromatic rings. The third-order valence-electron chi connectivity index (χ3n) is 3.95. The molecule has 0 amide bonds. The van der Waals surface area contributed by atoms with Crippen LogP contribution in [0.5, 0.6) is 5.75 Å². The van der Waals surface area contributed by atoms with Gasteiger partial charge in [0, 0.05) is 0 Å². The number of halogens is 1. The molecule has 0 saturated carbocycles. The molecule has 0 aromatic heterocycles. The van der Waals surface area contributed by atoms with Crippen LogP contribution in [-0.2, 0) is 10.8 Å². The Balaban J connectivity index is 2.67. The van der Waals surface area contributed by atoms with E-state index in [0.717, 1.165) is 9.13 Å². The van der Waals surface area contributed by atoms with E-state index in [1.807, 2.05) is 12.1 Å². The van der Waals surface area contributed by atoms with Crippen molar-refractivity contribution in [2.75, 3.05) is 0 Å². The topological polar surface area (TPSA) is 20.2 Å². The van der Waals surface area contributed by atoms with E-state index in [1.165, 1.54) is 16.7 Å². The Bertz CT molecular complexity index is 656. The summed E-state index contributed by atoms with van der Waals surface area (Å²) < 4.78 is 0.883. The Kier molecular flexibility index (Phi) is 4.63. The first-order valence-electron chi connectivity index (χ1n) is 7.63. The Morgan fingerprint density at radius 2 is 1.23 bits per heavy atom. The maximum absolute atomic E-state index is 9.75. The van der Waals surface area contributed by atoms with E-state index >= 15 is 0 Å². The van der Waals surface area contributed by atoms with Crippen LogP contribution in [0.25, 0.3) is 11.1 Å². The fraction of sp³-hybridized carbons (Fsp3) is 0.400. The van der Waals surface area contributed by atoms with Gasteiger partial charge in [0.2, 0.25) is 0 Å². The first-order chi connectivity index (χ1) is 9.98. The van der Waals surface area contributed by atoms with Crippen molar-refractivity contribution in [3.05, 3.63) is 51.1 Å². The molecule has 0 fully saturated rings. The van der Waals surface area contributed by atoms with Gasteiger partial charge in [-0.05, 0) is 67.8 Å². The van der Waals surface area contributed by atoms with Crippen molar-refractivity contribution in [3.8, 4) is 16.9 Å². The van der Waals surface area contributed by atoms with Gasteiger partial charge in [-0.1, -0.05) is 65.8 Å². The summed E-state index contributed by atoms with van der Waals surface area (Å²) >= 11 is 2.18. The second-order valence-corrected chi connectivity index (χ2v) is 9.13. The van der Waals surface area contributed by atoms with E-state index < -0.39 is 0 Å². The number of phenols is 1. The fourth-order valence-corrected chi connectivity index (χ4v) is 2.86. The van der Waals surface area contributed by atoms with Gasteiger partial charge in [0.1, 0.15) is 5.75 Å². The van der Waals surface area contributed by atoms with Crippen molar-refractivity contribution < 1.29 is 5.11 Å². The number of rotatable bonds is 1. The van der Waals surface area contributed by atoms with Crippen molar-refractivity contribution in [2.45, 2.75) is 52.4 Å². The summed E-state index contributed by atoms with van der Waals surface area (Å²) in [5.74, 6) is 0.340. The highest BCUT2D eigenvalue weighted by atomic mass is 127. The Labute approximate surface area is 147 Å².